The molecule has 120 valence electrons. The molecule has 1 rings (SSSR count). The maximum atomic E-state index is 12.0. The average Bonchev–Trinajstić information content (AvgIpc) is 2.47. The van der Waals surface area contributed by atoms with E-state index in [1.807, 2.05) is 0 Å². The van der Waals surface area contributed by atoms with Gasteiger partial charge in [-0.25, -0.2) is 4.79 Å². The molecule has 0 heterocycles. The Morgan fingerprint density at radius 2 is 1.82 bits per heavy atom. The molecule has 0 spiro atoms. The SMILES string of the molecule is CCOC(=O)/C(=C\NC(=O)C(Cl)(Cl)Cl)c1ccc(OC)cc1. The monoisotopic (exact) mass is 365 g/mol. The van der Waals surface area contributed by atoms with Crippen molar-refractivity contribution in [1.29, 1.82) is 0 Å². The Balaban J connectivity index is 3.07. The lowest BCUT2D eigenvalue weighted by Crippen LogP contribution is -2.31. The molecule has 0 saturated heterocycles. The third-order valence-corrected chi connectivity index (χ3v) is 3.02. The van der Waals surface area contributed by atoms with E-state index in [4.69, 9.17) is 44.3 Å². The summed E-state index contributed by atoms with van der Waals surface area (Å²) in [6.45, 7) is 1.86. The average molecular weight is 367 g/mol. The van der Waals surface area contributed by atoms with Gasteiger partial charge in [0.15, 0.2) is 0 Å². The number of esters is 1. The number of alkyl halides is 3. The number of carbonyl (C=O) groups excluding carboxylic acids is 2. The van der Waals surface area contributed by atoms with Crippen molar-refractivity contribution in [3.05, 3.63) is 36.0 Å². The summed E-state index contributed by atoms with van der Waals surface area (Å²) in [5, 5.41) is 2.26. The molecule has 8 heteroatoms. The summed E-state index contributed by atoms with van der Waals surface area (Å²) in [7, 11) is 1.53. The molecule has 0 aliphatic carbocycles. The highest BCUT2D eigenvalue weighted by Gasteiger charge is 2.30. The minimum atomic E-state index is -2.13. The minimum absolute atomic E-state index is 0.118. The zero-order valence-electron chi connectivity index (χ0n) is 11.9. The van der Waals surface area contributed by atoms with Gasteiger partial charge >= 0.3 is 5.97 Å². The summed E-state index contributed by atoms with van der Waals surface area (Å²) in [6.07, 6.45) is 1.14. The third kappa shape index (κ3) is 5.40. The predicted molar refractivity (Wildman–Crippen MR) is 86.0 cm³/mol. The van der Waals surface area contributed by atoms with Gasteiger partial charge in [-0.1, -0.05) is 46.9 Å². The molecule has 0 fully saturated rings. The van der Waals surface area contributed by atoms with Crippen LogP contribution in [0.3, 0.4) is 0 Å². The molecule has 0 radical (unpaired) electrons. The Hall–Kier alpha value is -1.43. The first-order valence-electron chi connectivity index (χ1n) is 6.19. The fourth-order valence-corrected chi connectivity index (χ4v) is 1.62. The van der Waals surface area contributed by atoms with Gasteiger partial charge < -0.3 is 14.8 Å². The number of nitrogens with one attached hydrogen (secondary N) is 1. The second-order valence-corrected chi connectivity index (χ2v) is 6.26. The van der Waals surface area contributed by atoms with Crippen LogP contribution in [0.4, 0.5) is 0 Å². The second kappa shape index (κ2) is 8.27. The maximum Gasteiger partial charge on any atom is 0.340 e. The Bertz CT molecular complexity index is 564. The Morgan fingerprint density at radius 3 is 2.27 bits per heavy atom. The second-order valence-electron chi connectivity index (χ2n) is 3.98. The summed E-state index contributed by atoms with van der Waals surface area (Å²) >= 11 is 16.4. The van der Waals surface area contributed by atoms with Crippen LogP contribution in [0.15, 0.2) is 30.5 Å². The first kappa shape index (κ1) is 18.6. The smallest absolute Gasteiger partial charge is 0.340 e. The highest BCUT2D eigenvalue weighted by molar-refractivity contribution is 6.76. The van der Waals surface area contributed by atoms with E-state index < -0.39 is 15.7 Å². The number of methoxy groups -OCH3 is 1. The number of ether oxygens (including phenoxy) is 2. The molecule has 1 amide bonds. The van der Waals surface area contributed by atoms with Crippen molar-refractivity contribution in [1.82, 2.24) is 5.32 Å². The lowest BCUT2D eigenvalue weighted by molar-refractivity contribution is -0.136. The van der Waals surface area contributed by atoms with Crippen molar-refractivity contribution in [3.63, 3.8) is 0 Å². The van der Waals surface area contributed by atoms with E-state index in [0.717, 1.165) is 6.20 Å². The molecule has 0 unspecified atom stereocenters. The standard InChI is InChI=1S/C14H14Cl3NO4/c1-3-22-12(19)11(8-18-13(20)14(15,16)17)9-4-6-10(21-2)7-5-9/h4-8H,3H2,1-2H3,(H,18,20)/b11-8-. The molecule has 0 aromatic heterocycles. The molecule has 5 nitrogen and oxygen atoms in total. The van der Waals surface area contributed by atoms with Gasteiger partial charge in [-0.3, -0.25) is 4.79 Å². The molecule has 1 N–H and O–H groups in total. The van der Waals surface area contributed by atoms with Crippen LogP contribution in [-0.2, 0) is 14.3 Å². The topological polar surface area (TPSA) is 64.6 Å². The van der Waals surface area contributed by atoms with E-state index in [9.17, 15) is 9.59 Å². The minimum Gasteiger partial charge on any atom is -0.497 e. The lowest BCUT2D eigenvalue weighted by atomic mass is 10.1. The van der Waals surface area contributed by atoms with Crippen LogP contribution >= 0.6 is 34.8 Å². The number of amides is 1. The molecule has 1 aromatic carbocycles. The summed E-state index contributed by atoms with van der Waals surface area (Å²) in [5.41, 5.74) is 0.635. The number of hydrogen-bond acceptors (Lipinski definition) is 4. The summed E-state index contributed by atoms with van der Waals surface area (Å²) in [5.74, 6) is -0.873. The van der Waals surface area contributed by atoms with Crippen molar-refractivity contribution in [2.24, 2.45) is 0 Å². The predicted octanol–water partition coefficient (Wildman–Crippen LogP) is 3.09. The van der Waals surface area contributed by atoms with Crippen LogP contribution in [0.1, 0.15) is 12.5 Å². The summed E-state index contributed by atoms with van der Waals surface area (Å²) in [4.78, 5) is 23.5. The third-order valence-electron chi connectivity index (χ3n) is 2.50. The zero-order chi connectivity index (χ0) is 16.8. The van der Waals surface area contributed by atoms with E-state index in [2.05, 4.69) is 5.32 Å². The number of rotatable bonds is 5. The van der Waals surface area contributed by atoms with E-state index in [-0.39, 0.29) is 12.2 Å². The Labute approximate surface area is 143 Å². The Morgan fingerprint density at radius 1 is 1.23 bits per heavy atom. The molecule has 22 heavy (non-hydrogen) atoms. The fourth-order valence-electron chi connectivity index (χ4n) is 1.46. The van der Waals surface area contributed by atoms with Gasteiger partial charge in [0, 0.05) is 6.20 Å². The first-order valence-corrected chi connectivity index (χ1v) is 7.32. The molecule has 1 aromatic rings. The highest BCUT2D eigenvalue weighted by Crippen LogP contribution is 2.26. The van der Waals surface area contributed by atoms with Crippen molar-refractivity contribution in [2.75, 3.05) is 13.7 Å². The van der Waals surface area contributed by atoms with Crippen LogP contribution in [0.2, 0.25) is 0 Å². The summed E-state index contributed by atoms with van der Waals surface area (Å²) in [6, 6.07) is 6.62. The van der Waals surface area contributed by atoms with Gasteiger partial charge in [-0.15, -0.1) is 0 Å². The molecular formula is C14H14Cl3NO4. The van der Waals surface area contributed by atoms with Gasteiger partial charge in [0.05, 0.1) is 19.3 Å². The van der Waals surface area contributed by atoms with Crippen molar-refractivity contribution in [2.45, 2.75) is 10.7 Å². The van der Waals surface area contributed by atoms with E-state index in [1.165, 1.54) is 7.11 Å². The van der Waals surface area contributed by atoms with Gasteiger partial charge in [0.25, 0.3) is 9.70 Å². The van der Waals surface area contributed by atoms with Crippen LogP contribution in [-0.4, -0.2) is 29.4 Å². The molecular weight excluding hydrogens is 353 g/mol. The normalized spacial score (nSPS) is 11.8. The van der Waals surface area contributed by atoms with E-state index >= 15 is 0 Å². The van der Waals surface area contributed by atoms with Gasteiger partial charge in [-0.05, 0) is 24.6 Å². The van der Waals surface area contributed by atoms with Gasteiger partial charge in [-0.2, -0.15) is 0 Å². The maximum absolute atomic E-state index is 12.0. The number of carbonyl (C=O) groups is 2. The number of benzene rings is 1. The van der Waals surface area contributed by atoms with Crippen LogP contribution < -0.4 is 10.1 Å². The van der Waals surface area contributed by atoms with Crippen LogP contribution in [0.25, 0.3) is 5.57 Å². The Kier molecular flexibility index (Phi) is 7.00. The molecule has 0 saturated carbocycles. The molecule has 0 atom stereocenters. The molecule has 0 aliphatic heterocycles. The molecule has 0 bridgehead atoms. The quantitative estimate of drug-likeness (QED) is 0.494. The van der Waals surface area contributed by atoms with Crippen molar-refractivity contribution in [3.8, 4) is 5.75 Å². The van der Waals surface area contributed by atoms with E-state index in [0.29, 0.717) is 11.3 Å². The zero-order valence-corrected chi connectivity index (χ0v) is 14.1. The number of hydrogen-bond donors (Lipinski definition) is 1. The molecule has 0 aliphatic rings. The lowest BCUT2D eigenvalue weighted by Gasteiger charge is -2.11. The van der Waals surface area contributed by atoms with E-state index in [1.54, 1.807) is 31.2 Å². The van der Waals surface area contributed by atoms with Crippen LogP contribution in [0.5, 0.6) is 5.75 Å². The number of halogens is 3. The van der Waals surface area contributed by atoms with Gasteiger partial charge in [0.1, 0.15) is 5.75 Å². The fraction of sp³-hybridized carbons (Fsp3) is 0.286. The highest BCUT2D eigenvalue weighted by atomic mass is 35.6. The van der Waals surface area contributed by atoms with Crippen LogP contribution in [0, 0.1) is 0 Å². The summed E-state index contributed by atoms with van der Waals surface area (Å²) < 4.78 is 7.86. The van der Waals surface area contributed by atoms with Gasteiger partial charge in [0.2, 0.25) is 0 Å². The first-order chi connectivity index (χ1) is 10.3. The largest absolute Gasteiger partial charge is 0.497 e. The van der Waals surface area contributed by atoms with Crippen molar-refractivity contribution >= 4 is 52.3 Å². The van der Waals surface area contributed by atoms with Crippen molar-refractivity contribution < 1.29 is 19.1 Å².